The Balaban J connectivity index is 1.95. The van der Waals surface area contributed by atoms with Crippen LogP contribution in [-0.2, 0) is 14.6 Å². The van der Waals surface area contributed by atoms with Crippen molar-refractivity contribution in [2.24, 2.45) is 0 Å². The minimum absolute atomic E-state index is 0.252. The van der Waals surface area contributed by atoms with E-state index in [1.807, 2.05) is 0 Å². The van der Waals surface area contributed by atoms with Crippen molar-refractivity contribution in [3.63, 3.8) is 0 Å². The van der Waals surface area contributed by atoms with Crippen LogP contribution in [0.2, 0.25) is 0 Å². The highest BCUT2D eigenvalue weighted by Crippen LogP contribution is 2.48. The molecule has 0 radical (unpaired) electrons. The summed E-state index contributed by atoms with van der Waals surface area (Å²) < 4.78 is 24.3. The fourth-order valence-electron chi connectivity index (χ4n) is 4.19. The highest BCUT2D eigenvalue weighted by atomic mass is 32.2. The van der Waals surface area contributed by atoms with Gasteiger partial charge in [-0.05, 0) is 38.6 Å². The number of hydrogen-bond donors (Lipinski definition) is 0. The molecule has 2 atom stereocenters. The van der Waals surface area contributed by atoms with Crippen LogP contribution in [0.5, 0.6) is 0 Å². The lowest BCUT2D eigenvalue weighted by Crippen LogP contribution is -2.56. The molecule has 18 heavy (non-hydrogen) atoms. The van der Waals surface area contributed by atoms with Crippen LogP contribution >= 0.6 is 0 Å². The molecule has 1 spiro atoms. The molecule has 3 aliphatic heterocycles. The molecule has 4 nitrogen and oxygen atoms in total. The zero-order valence-electron chi connectivity index (χ0n) is 10.9. The Labute approximate surface area is 109 Å². The molecule has 3 aliphatic rings. The molecular formula is C13H21NO3S. The monoisotopic (exact) mass is 271 g/mol. The first-order valence-corrected chi connectivity index (χ1v) is 8.63. The smallest absolute Gasteiger partial charge is 0.156 e. The number of sulfone groups is 1. The minimum atomic E-state index is -2.93. The summed E-state index contributed by atoms with van der Waals surface area (Å²) in [6.07, 6.45) is 4.29. The minimum Gasteiger partial charge on any atom is -0.298 e. The molecule has 3 rings (SSSR count). The van der Waals surface area contributed by atoms with E-state index in [1.54, 1.807) is 0 Å². The fourth-order valence-corrected chi connectivity index (χ4v) is 6.68. The van der Waals surface area contributed by atoms with E-state index in [1.165, 1.54) is 0 Å². The molecule has 0 aromatic heterocycles. The second-order valence-corrected chi connectivity index (χ2v) is 8.52. The number of Topliss-reactive ketones (excluding diaryl/α,β-unsaturated/α-hetero) is 1. The summed E-state index contributed by atoms with van der Waals surface area (Å²) in [5.74, 6) is 0.294. The van der Waals surface area contributed by atoms with Gasteiger partial charge in [0, 0.05) is 13.0 Å². The van der Waals surface area contributed by atoms with Crippen LogP contribution in [0.1, 0.15) is 45.4 Å². The Hall–Kier alpha value is -0.420. The third kappa shape index (κ3) is 1.53. The number of fused-ring (bicyclic) bond motifs is 2. The lowest BCUT2D eigenvalue weighted by atomic mass is 9.85. The van der Waals surface area contributed by atoms with E-state index in [2.05, 4.69) is 11.8 Å². The van der Waals surface area contributed by atoms with E-state index in [9.17, 15) is 13.2 Å². The second kappa shape index (κ2) is 4.04. The van der Waals surface area contributed by atoms with Crippen molar-refractivity contribution in [1.29, 1.82) is 0 Å². The molecule has 102 valence electrons. The highest BCUT2D eigenvalue weighted by Gasteiger charge is 2.59. The van der Waals surface area contributed by atoms with Gasteiger partial charge < -0.3 is 0 Å². The second-order valence-electron chi connectivity index (χ2n) is 6.01. The average molecular weight is 271 g/mol. The standard InChI is InChI=1S/C13H21NO3S/c1-2-6-14-7-5-12(15)13(14)8-10-3-4-11(9-13)18(10,16)17/h10-11H,2-9H2,1H3. The van der Waals surface area contributed by atoms with Crippen molar-refractivity contribution in [1.82, 2.24) is 4.90 Å². The van der Waals surface area contributed by atoms with Crippen LogP contribution < -0.4 is 0 Å². The number of rotatable bonds is 2. The number of likely N-dealkylation sites (tertiary alicyclic amines) is 1. The molecule has 0 aromatic carbocycles. The van der Waals surface area contributed by atoms with E-state index < -0.39 is 15.4 Å². The maximum atomic E-state index is 12.3. The first kappa shape index (κ1) is 12.6. The van der Waals surface area contributed by atoms with E-state index in [-0.39, 0.29) is 10.5 Å². The van der Waals surface area contributed by atoms with Crippen molar-refractivity contribution in [2.45, 2.75) is 61.5 Å². The average Bonchev–Trinajstić information content (AvgIpc) is 2.67. The predicted octanol–water partition coefficient (Wildman–Crippen LogP) is 1.15. The third-order valence-electron chi connectivity index (χ3n) is 5.10. The lowest BCUT2D eigenvalue weighted by molar-refractivity contribution is -0.126. The first-order chi connectivity index (χ1) is 8.50. The molecule has 5 heteroatoms. The summed E-state index contributed by atoms with van der Waals surface area (Å²) in [5.41, 5.74) is -0.423. The molecule has 0 aromatic rings. The predicted molar refractivity (Wildman–Crippen MR) is 69.2 cm³/mol. The zero-order chi connectivity index (χ0) is 13.0. The molecule has 3 heterocycles. The Morgan fingerprint density at radius 2 is 1.89 bits per heavy atom. The molecular weight excluding hydrogens is 250 g/mol. The van der Waals surface area contributed by atoms with E-state index in [0.717, 1.165) is 32.4 Å². The maximum absolute atomic E-state index is 12.3. The number of hydrogen-bond acceptors (Lipinski definition) is 4. The van der Waals surface area contributed by atoms with Crippen molar-refractivity contribution >= 4 is 15.6 Å². The van der Waals surface area contributed by atoms with Crippen molar-refractivity contribution in [2.75, 3.05) is 13.1 Å². The molecule has 2 bridgehead atoms. The molecule has 3 fully saturated rings. The molecule has 3 saturated heterocycles. The summed E-state index contributed by atoms with van der Waals surface area (Å²) in [7, 11) is -2.93. The van der Waals surface area contributed by atoms with Crippen LogP contribution in [0, 0.1) is 0 Å². The molecule has 0 N–H and O–H groups in total. The summed E-state index contributed by atoms with van der Waals surface area (Å²) in [6, 6.07) is 0. The number of carbonyl (C=O) groups excluding carboxylic acids is 1. The van der Waals surface area contributed by atoms with Crippen LogP contribution in [0.3, 0.4) is 0 Å². The lowest BCUT2D eigenvalue weighted by Gasteiger charge is -2.42. The SMILES string of the molecule is CCCN1CCC(=O)C12CC1CCC(C2)S1(=O)=O. The van der Waals surface area contributed by atoms with Gasteiger partial charge in [-0.2, -0.15) is 0 Å². The number of ketones is 1. The topological polar surface area (TPSA) is 54.5 Å². The first-order valence-electron chi connectivity index (χ1n) is 7.02. The number of nitrogens with zero attached hydrogens (tertiary/aromatic N) is 1. The molecule has 0 aliphatic carbocycles. The normalized spacial score (nSPS) is 42.8. The highest BCUT2D eigenvalue weighted by molar-refractivity contribution is 7.93. The van der Waals surface area contributed by atoms with Crippen LogP contribution in [0.4, 0.5) is 0 Å². The zero-order valence-corrected chi connectivity index (χ0v) is 11.7. The van der Waals surface area contributed by atoms with E-state index >= 15 is 0 Å². The summed E-state index contributed by atoms with van der Waals surface area (Å²) in [6.45, 7) is 3.86. The quantitative estimate of drug-likeness (QED) is 0.756. The van der Waals surface area contributed by atoms with Crippen LogP contribution in [0.15, 0.2) is 0 Å². The van der Waals surface area contributed by atoms with Gasteiger partial charge in [-0.1, -0.05) is 6.92 Å². The van der Waals surface area contributed by atoms with Gasteiger partial charge in [-0.25, -0.2) is 8.42 Å². The van der Waals surface area contributed by atoms with Gasteiger partial charge in [0.25, 0.3) is 0 Å². The van der Waals surface area contributed by atoms with Crippen molar-refractivity contribution in [3.8, 4) is 0 Å². The van der Waals surface area contributed by atoms with Crippen LogP contribution in [0.25, 0.3) is 0 Å². The Morgan fingerprint density at radius 1 is 1.28 bits per heavy atom. The Bertz CT molecular complexity index is 451. The van der Waals surface area contributed by atoms with Gasteiger partial charge in [-0.15, -0.1) is 0 Å². The van der Waals surface area contributed by atoms with Gasteiger partial charge in [-0.3, -0.25) is 9.69 Å². The summed E-state index contributed by atoms with van der Waals surface area (Å²) in [5, 5.41) is -0.504. The maximum Gasteiger partial charge on any atom is 0.156 e. The van der Waals surface area contributed by atoms with Crippen molar-refractivity contribution < 1.29 is 13.2 Å². The molecule has 0 saturated carbocycles. The Kier molecular flexibility index (Phi) is 2.83. The van der Waals surface area contributed by atoms with E-state index in [4.69, 9.17) is 0 Å². The third-order valence-corrected chi connectivity index (χ3v) is 7.76. The van der Waals surface area contributed by atoms with Gasteiger partial charge in [0.1, 0.15) is 0 Å². The van der Waals surface area contributed by atoms with Gasteiger partial charge in [0.05, 0.1) is 16.0 Å². The molecule has 2 unspecified atom stereocenters. The fraction of sp³-hybridized carbons (Fsp3) is 0.923. The largest absolute Gasteiger partial charge is 0.298 e. The van der Waals surface area contributed by atoms with Crippen molar-refractivity contribution in [3.05, 3.63) is 0 Å². The number of carbonyl (C=O) groups is 1. The molecule has 0 amide bonds. The van der Waals surface area contributed by atoms with E-state index in [0.29, 0.717) is 25.0 Å². The summed E-state index contributed by atoms with van der Waals surface area (Å²) in [4.78, 5) is 14.6. The summed E-state index contributed by atoms with van der Waals surface area (Å²) >= 11 is 0. The van der Waals surface area contributed by atoms with Crippen LogP contribution in [-0.4, -0.2) is 48.2 Å². The Morgan fingerprint density at radius 3 is 2.44 bits per heavy atom. The van der Waals surface area contributed by atoms with Gasteiger partial charge in [0.2, 0.25) is 0 Å². The van der Waals surface area contributed by atoms with Gasteiger partial charge >= 0.3 is 0 Å². The van der Waals surface area contributed by atoms with Gasteiger partial charge in [0.15, 0.2) is 15.6 Å².